The first-order valence-electron chi connectivity index (χ1n) is 7.60. The van der Waals surface area contributed by atoms with E-state index in [9.17, 15) is 19.2 Å². The van der Waals surface area contributed by atoms with Crippen molar-refractivity contribution in [2.45, 2.75) is 11.8 Å². The third-order valence-corrected chi connectivity index (χ3v) is 4.91. The fraction of sp³-hybridized carbons (Fsp3) is 0.0526. The highest BCUT2D eigenvalue weighted by Gasteiger charge is 2.34. The molecule has 7 heteroatoms. The highest BCUT2D eigenvalue weighted by molar-refractivity contribution is 8.04. The number of hydrogen-bond donors (Lipinski definition) is 2. The molecule has 26 heavy (non-hydrogen) atoms. The Kier molecular flexibility index (Phi) is 4.73. The number of aliphatic carboxylic acids is 1. The molecule has 0 bridgehead atoms. The Bertz CT molecular complexity index is 976. The van der Waals surface area contributed by atoms with E-state index in [-0.39, 0.29) is 10.5 Å². The van der Waals surface area contributed by atoms with E-state index in [2.05, 4.69) is 5.32 Å². The van der Waals surface area contributed by atoms with Crippen LogP contribution in [0, 0.1) is 6.92 Å². The molecule has 1 aliphatic heterocycles. The summed E-state index contributed by atoms with van der Waals surface area (Å²) in [5, 5.41) is 11.7. The van der Waals surface area contributed by atoms with Gasteiger partial charge in [-0.25, -0.2) is 4.79 Å². The van der Waals surface area contributed by atoms with E-state index in [1.165, 1.54) is 12.1 Å². The number of ketones is 2. The van der Waals surface area contributed by atoms with E-state index in [1.54, 1.807) is 36.4 Å². The summed E-state index contributed by atoms with van der Waals surface area (Å²) in [6.45, 7) is 1.83. The summed E-state index contributed by atoms with van der Waals surface area (Å²) in [6.07, 6.45) is 0. The van der Waals surface area contributed by atoms with Gasteiger partial charge in [0.25, 0.3) is 11.7 Å². The molecule has 0 fully saturated rings. The lowest BCUT2D eigenvalue weighted by atomic mass is 9.98. The Morgan fingerprint density at radius 1 is 1.00 bits per heavy atom. The molecule has 0 radical (unpaired) electrons. The van der Waals surface area contributed by atoms with Crippen molar-refractivity contribution in [2.24, 2.45) is 0 Å². The van der Waals surface area contributed by atoms with Crippen molar-refractivity contribution >= 4 is 40.9 Å². The summed E-state index contributed by atoms with van der Waals surface area (Å²) in [5.74, 6) is -4.68. The van der Waals surface area contributed by atoms with Crippen molar-refractivity contribution in [3.05, 3.63) is 70.1 Å². The minimum atomic E-state index is -1.79. The number of carbonyl (C=O) groups excluding carboxylic acids is 3. The van der Waals surface area contributed by atoms with Crippen molar-refractivity contribution in [1.29, 1.82) is 0 Å². The molecule has 2 N–H and O–H groups in total. The van der Waals surface area contributed by atoms with Gasteiger partial charge < -0.3 is 10.4 Å². The molecule has 1 heterocycles. The van der Waals surface area contributed by atoms with Crippen LogP contribution in [0.1, 0.15) is 15.9 Å². The van der Waals surface area contributed by atoms with Gasteiger partial charge in [-0.05, 0) is 19.1 Å². The summed E-state index contributed by atoms with van der Waals surface area (Å²) < 4.78 is 0. The molecular formula is C19H13NO5S. The highest BCUT2D eigenvalue weighted by atomic mass is 32.2. The van der Waals surface area contributed by atoms with E-state index in [0.717, 1.165) is 17.3 Å². The van der Waals surface area contributed by atoms with Crippen LogP contribution in [0.25, 0.3) is 0 Å². The minimum Gasteiger partial charge on any atom is -0.475 e. The topological polar surface area (TPSA) is 101 Å². The zero-order valence-electron chi connectivity index (χ0n) is 13.6. The van der Waals surface area contributed by atoms with Crippen LogP contribution in [0.3, 0.4) is 0 Å². The third kappa shape index (κ3) is 3.29. The smallest absolute Gasteiger partial charge is 0.377 e. The maximum Gasteiger partial charge on any atom is 0.377 e. The molecule has 1 amide bonds. The summed E-state index contributed by atoms with van der Waals surface area (Å²) in [4.78, 5) is 49.1. The van der Waals surface area contributed by atoms with E-state index in [1.807, 2.05) is 6.92 Å². The average molecular weight is 367 g/mol. The first-order valence-corrected chi connectivity index (χ1v) is 8.41. The van der Waals surface area contributed by atoms with Gasteiger partial charge >= 0.3 is 5.97 Å². The second kappa shape index (κ2) is 6.97. The highest BCUT2D eigenvalue weighted by Crippen LogP contribution is 2.40. The molecule has 0 aliphatic carbocycles. The van der Waals surface area contributed by atoms with Crippen LogP contribution in [0.4, 0.5) is 5.69 Å². The van der Waals surface area contributed by atoms with Crippen LogP contribution < -0.4 is 5.32 Å². The van der Waals surface area contributed by atoms with Gasteiger partial charge in [-0.2, -0.15) is 0 Å². The van der Waals surface area contributed by atoms with Crippen molar-refractivity contribution < 1.29 is 24.3 Å². The molecule has 0 saturated carbocycles. The molecular weight excluding hydrogens is 354 g/mol. The molecule has 0 aromatic heterocycles. The number of carbonyl (C=O) groups is 4. The van der Waals surface area contributed by atoms with Crippen LogP contribution in [-0.4, -0.2) is 28.5 Å². The molecule has 6 nitrogen and oxygen atoms in total. The standard InChI is InChI=1S/C19H13NO5S/c1-10-6-8-11(9-7-10)15(21)14(16(22)19(24)25)17-18(23)20-12-4-2-3-5-13(12)26-17/h2-9H,1H3,(H,20,23)(H,24,25). The fourth-order valence-corrected chi connectivity index (χ4v) is 3.45. The van der Waals surface area contributed by atoms with Gasteiger partial charge in [0.15, 0.2) is 5.78 Å². The number of thioether (sulfide) groups is 1. The van der Waals surface area contributed by atoms with Crippen LogP contribution in [0.5, 0.6) is 0 Å². The van der Waals surface area contributed by atoms with E-state index >= 15 is 0 Å². The number of benzene rings is 2. The number of aryl methyl sites for hydroxylation is 1. The van der Waals surface area contributed by atoms with Crippen LogP contribution >= 0.6 is 11.8 Å². The monoisotopic (exact) mass is 367 g/mol. The maximum absolute atomic E-state index is 12.8. The second-order valence-electron chi connectivity index (χ2n) is 5.59. The Morgan fingerprint density at radius 2 is 1.65 bits per heavy atom. The first kappa shape index (κ1) is 17.6. The van der Waals surface area contributed by atoms with Crippen LogP contribution in [0.2, 0.25) is 0 Å². The summed E-state index contributed by atoms with van der Waals surface area (Å²) in [5.41, 5.74) is 0.938. The predicted octanol–water partition coefficient (Wildman–Crippen LogP) is 2.83. The first-order chi connectivity index (χ1) is 12.4. The van der Waals surface area contributed by atoms with E-state index in [4.69, 9.17) is 5.11 Å². The number of nitrogens with one attached hydrogen (secondary N) is 1. The van der Waals surface area contributed by atoms with Gasteiger partial charge in [-0.1, -0.05) is 53.7 Å². The van der Waals surface area contributed by atoms with Gasteiger partial charge in [0.1, 0.15) is 0 Å². The Balaban J connectivity index is 2.15. The molecule has 2 aromatic carbocycles. The number of Topliss-reactive ketones (excluding diaryl/α,β-unsaturated/α-hetero) is 2. The fourth-order valence-electron chi connectivity index (χ4n) is 2.42. The van der Waals surface area contributed by atoms with Gasteiger partial charge in [0, 0.05) is 10.5 Å². The summed E-state index contributed by atoms with van der Waals surface area (Å²) in [6, 6.07) is 13.2. The molecule has 3 rings (SSSR count). The average Bonchev–Trinajstić information content (AvgIpc) is 2.62. The number of carboxylic acids is 1. The maximum atomic E-state index is 12.8. The number of amides is 1. The van der Waals surface area contributed by atoms with Gasteiger partial charge in [0.2, 0.25) is 0 Å². The van der Waals surface area contributed by atoms with Crippen LogP contribution in [-0.2, 0) is 14.4 Å². The Hall–Kier alpha value is -3.19. The second-order valence-corrected chi connectivity index (χ2v) is 6.64. The predicted molar refractivity (Wildman–Crippen MR) is 96.1 cm³/mol. The normalized spacial score (nSPS) is 14.9. The number of carboxylic acid groups (broad SMARTS) is 1. The van der Waals surface area contributed by atoms with Gasteiger partial charge in [-0.15, -0.1) is 0 Å². The van der Waals surface area contributed by atoms with Gasteiger partial charge in [-0.3, -0.25) is 14.4 Å². The van der Waals surface area contributed by atoms with Crippen LogP contribution in [0.15, 0.2) is 63.9 Å². The number of fused-ring (bicyclic) bond motifs is 1. The number of hydrogen-bond acceptors (Lipinski definition) is 5. The zero-order valence-corrected chi connectivity index (χ0v) is 14.4. The molecule has 0 atom stereocenters. The van der Waals surface area contributed by atoms with E-state index < -0.39 is 29.0 Å². The quantitative estimate of drug-likeness (QED) is 0.283. The van der Waals surface area contributed by atoms with Crippen molar-refractivity contribution in [3.8, 4) is 0 Å². The molecule has 0 saturated heterocycles. The lowest BCUT2D eigenvalue weighted by Gasteiger charge is -2.20. The summed E-state index contributed by atoms with van der Waals surface area (Å²) in [7, 11) is 0. The molecule has 130 valence electrons. The van der Waals surface area contributed by atoms with Crippen molar-refractivity contribution in [1.82, 2.24) is 0 Å². The molecule has 1 aliphatic rings. The lowest BCUT2D eigenvalue weighted by Crippen LogP contribution is -2.28. The lowest BCUT2D eigenvalue weighted by molar-refractivity contribution is -0.147. The van der Waals surface area contributed by atoms with Gasteiger partial charge in [0.05, 0.1) is 16.2 Å². The SMILES string of the molecule is Cc1ccc(C(=O)C(C(=O)C(=O)O)=C2Sc3ccccc3NC2=O)cc1. The van der Waals surface area contributed by atoms with Crippen molar-refractivity contribution in [2.75, 3.05) is 5.32 Å². The molecule has 2 aromatic rings. The minimum absolute atomic E-state index is 0.139. The van der Waals surface area contributed by atoms with E-state index in [0.29, 0.717) is 10.6 Å². The summed E-state index contributed by atoms with van der Waals surface area (Å²) >= 11 is 0.908. The molecule has 0 unspecified atom stereocenters. The number of rotatable bonds is 4. The van der Waals surface area contributed by atoms with Crippen molar-refractivity contribution in [3.63, 3.8) is 0 Å². The number of anilines is 1. The zero-order chi connectivity index (χ0) is 18.8. The molecule has 0 spiro atoms. The third-order valence-electron chi connectivity index (χ3n) is 3.74. The largest absolute Gasteiger partial charge is 0.475 e. The Morgan fingerprint density at radius 3 is 2.31 bits per heavy atom. The number of para-hydroxylation sites is 1. The Labute approximate surface area is 152 Å².